The molecule has 9 rings (SSSR count). The molecule has 0 saturated carbocycles. The second kappa shape index (κ2) is 22.9. The van der Waals surface area contributed by atoms with Crippen LogP contribution in [0.15, 0.2) is 72.8 Å². The van der Waals surface area contributed by atoms with Crippen LogP contribution in [-0.2, 0) is 44.4 Å². The third-order valence-electron chi connectivity index (χ3n) is 13.1. The number of likely N-dealkylation sites (N-methyl/N-ethyl adjacent to an activating group) is 1. The van der Waals surface area contributed by atoms with Crippen molar-refractivity contribution in [1.29, 1.82) is 0 Å². The SMILES string of the molecule is CC(CNC(=O)N1CCN(C)CC1)N1CCc2ccccc21.O=S(=O)(NCCN1CCc2ccccc21)N1CCCCC1.O=S(=O)(NCCN1CCc2ccccc21)N1CCOCC1. The number of carbonyl (C=O) groups is 1. The van der Waals surface area contributed by atoms with Gasteiger partial charge in [-0.3, -0.25) is 0 Å². The van der Waals surface area contributed by atoms with Crippen LogP contribution in [0.25, 0.3) is 0 Å². The summed E-state index contributed by atoms with van der Waals surface area (Å²) in [6, 6.07) is 25.6. The first-order chi connectivity index (χ1) is 31.0. The molecule has 6 heterocycles. The second-order valence-corrected chi connectivity index (χ2v) is 20.9. The predicted octanol–water partition coefficient (Wildman–Crippen LogP) is 2.98. The quantitative estimate of drug-likeness (QED) is 0.234. The van der Waals surface area contributed by atoms with Crippen molar-refractivity contribution in [3.63, 3.8) is 0 Å². The average Bonchev–Trinajstić information content (AvgIpc) is 4.07. The maximum Gasteiger partial charge on any atom is 0.317 e. The van der Waals surface area contributed by atoms with Crippen LogP contribution in [0.3, 0.4) is 0 Å². The van der Waals surface area contributed by atoms with E-state index in [1.165, 1.54) is 38.1 Å². The van der Waals surface area contributed by atoms with Crippen LogP contribution in [0.2, 0.25) is 0 Å². The Morgan fingerprint density at radius 2 is 1.06 bits per heavy atom. The Hall–Kier alpha value is -4.01. The molecule has 0 aromatic heterocycles. The lowest BCUT2D eigenvalue weighted by molar-refractivity contribution is 0.0725. The maximum atomic E-state index is 12.2. The lowest BCUT2D eigenvalue weighted by Gasteiger charge is -2.33. The molecule has 1 atom stereocenters. The molecule has 18 heteroatoms. The Morgan fingerprint density at radius 3 is 1.61 bits per heavy atom. The molecular weight excluding hydrogens is 853 g/mol. The number of nitrogens with one attached hydrogen (secondary N) is 3. The average molecular weight is 923 g/mol. The molecule has 0 radical (unpaired) electrons. The van der Waals surface area contributed by atoms with Gasteiger partial charge in [-0.15, -0.1) is 0 Å². The van der Waals surface area contributed by atoms with E-state index in [4.69, 9.17) is 4.74 Å². The third-order valence-corrected chi connectivity index (χ3v) is 16.3. The normalized spacial score (nSPS) is 19.8. The number of amides is 2. The molecule has 3 N–H and O–H groups in total. The number of hydrogen-bond donors (Lipinski definition) is 3. The van der Waals surface area contributed by atoms with Gasteiger partial charge in [0.25, 0.3) is 20.4 Å². The van der Waals surface area contributed by atoms with E-state index < -0.39 is 20.4 Å². The van der Waals surface area contributed by atoms with Crippen LogP contribution < -0.4 is 29.5 Å². The molecule has 16 nitrogen and oxygen atoms in total. The molecule has 0 aliphatic carbocycles. The van der Waals surface area contributed by atoms with Gasteiger partial charge < -0.3 is 34.6 Å². The molecule has 3 saturated heterocycles. The number of morpholine rings is 1. The fraction of sp³-hybridized carbons (Fsp3) is 0.587. The van der Waals surface area contributed by atoms with Gasteiger partial charge in [0.2, 0.25) is 0 Å². The lowest BCUT2D eigenvalue weighted by atomic mass is 10.2. The fourth-order valence-corrected chi connectivity index (χ4v) is 11.7. The van der Waals surface area contributed by atoms with Gasteiger partial charge in [-0.1, -0.05) is 61.0 Å². The van der Waals surface area contributed by atoms with Crippen LogP contribution in [-0.4, -0.2) is 172 Å². The number of carbonyl (C=O) groups excluding carboxylic acids is 1. The number of para-hydroxylation sites is 3. The van der Waals surface area contributed by atoms with Gasteiger partial charge in [-0.2, -0.15) is 25.4 Å². The number of hydrogen-bond acceptors (Lipinski definition) is 10. The summed E-state index contributed by atoms with van der Waals surface area (Å²) in [7, 11) is -4.57. The van der Waals surface area contributed by atoms with E-state index in [1.54, 1.807) is 4.31 Å². The van der Waals surface area contributed by atoms with Crippen molar-refractivity contribution in [2.45, 2.75) is 51.5 Å². The molecule has 0 bridgehead atoms. The number of ether oxygens (including phenoxy) is 1. The van der Waals surface area contributed by atoms with Crippen LogP contribution in [0.4, 0.5) is 21.9 Å². The lowest BCUT2D eigenvalue weighted by Crippen LogP contribution is -2.52. The number of piperidine rings is 1. The molecule has 6 aliphatic rings. The Bertz CT molecular complexity index is 2070. The highest BCUT2D eigenvalue weighted by Crippen LogP contribution is 2.30. The topological polar surface area (TPSA) is 153 Å². The van der Waals surface area contributed by atoms with Crippen molar-refractivity contribution >= 4 is 43.5 Å². The zero-order valence-electron chi connectivity index (χ0n) is 37.9. The standard InChI is InChI=1S/C17H26N4O.C15H23N3O2S.C14H21N3O3S/c1-14(21-8-7-15-5-3-4-6-16(15)21)13-18-17(22)20-11-9-19(2)10-12-20;19-21(20,18-10-4-1-5-11-18)16-9-13-17-12-8-14-6-2-3-7-15(14)17;18-21(19,17-9-11-20-12-10-17)15-6-8-16-7-5-13-3-1-2-4-14(13)16/h3-6,14H,7-13H2,1-2H3,(H,18,22);2-3,6-7,16H,1,4-5,8-13H2;1-4,15H,5-12H2. The van der Waals surface area contributed by atoms with Gasteiger partial charge in [0.05, 0.1) is 13.2 Å². The Balaban J connectivity index is 0.000000144. The van der Waals surface area contributed by atoms with E-state index in [-0.39, 0.29) is 6.03 Å². The number of piperazine rings is 1. The predicted molar refractivity (Wildman–Crippen MR) is 256 cm³/mol. The van der Waals surface area contributed by atoms with Gasteiger partial charge in [0.15, 0.2) is 0 Å². The van der Waals surface area contributed by atoms with Crippen LogP contribution in [0, 0.1) is 0 Å². The van der Waals surface area contributed by atoms with Crippen molar-refractivity contribution in [2.24, 2.45) is 0 Å². The summed E-state index contributed by atoms with van der Waals surface area (Å²) in [5.41, 5.74) is 7.91. The van der Waals surface area contributed by atoms with E-state index in [2.05, 4.69) is 103 Å². The van der Waals surface area contributed by atoms with Gasteiger partial charge in [-0.05, 0) is 81.0 Å². The van der Waals surface area contributed by atoms with E-state index in [0.717, 1.165) is 90.9 Å². The minimum atomic E-state index is -3.38. The summed E-state index contributed by atoms with van der Waals surface area (Å²) in [4.78, 5) is 23.3. The molecule has 3 aromatic rings. The van der Waals surface area contributed by atoms with E-state index in [1.807, 2.05) is 23.1 Å². The summed E-state index contributed by atoms with van der Waals surface area (Å²) < 4.78 is 62.3. The molecule has 0 spiro atoms. The Labute approximate surface area is 382 Å². The number of benzene rings is 3. The van der Waals surface area contributed by atoms with E-state index in [9.17, 15) is 21.6 Å². The van der Waals surface area contributed by atoms with Gasteiger partial charge in [0.1, 0.15) is 0 Å². The Morgan fingerprint density at radius 1 is 0.594 bits per heavy atom. The number of fused-ring (bicyclic) bond motifs is 3. The first-order valence-electron chi connectivity index (χ1n) is 23.3. The number of anilines is 3. The maximum absolute atomic E-state index is 12.2. The van der Waals surface area contributed by atoms with Crippen LogP contribution in [0.1, 0.15) is 42.9 Å². The van der Waals surface area contributed by atoms with E-state index >= 15 is 0 Å². The summed E-state index contributed by atoms with van der Waals surface area (Å²) >= 11 is 0. The first kappa shape index (κ1) is 47.9. The highest BCUT2D eigenvalue weighted by Gasteiger charge is 2.27. The zero-order chi connectivity index (χ0) is 44.9. The molecular formula is C46H70N10O6S2. The smallest absolute Gasteiger partial charge is 0.317 e. The highest BCUT2D eigenvalue weighted by atomic mass is 32.2. The van der Waals surface area contributed by atoms with Crippen molar-refractivity contribution in [2.75, 3.05) is 140 Å². The summed E-state index contributed by atoms with van der Waals surface area (Å²) in [6.45, 7) is 14.9. The largest absolute Gasteiger partial charge is 0.379 e. The monoisotopic (exact) mass is 922 g/mol. The summed E-state index contributed by atoms with van der Waals surface area (Å²) in [6.07, 6.45) is 6.27. The van der Waals surface area contributed by atoms with Crippen LogP contribution in [0.5, 0.6) is 0 Å². The van der Waals surface area contributed by atoms with Gasteiger partial charge in [-0.25, -0.2) is 14.2 Å². The molecule has 1 unspecified atom stereocenters. The first-order valence-corrected chi connectivity index (χ1v) is 26.2. The van der Waals surface area contributed by atoms with E-state index in [0.29, 0.717) is 71.6 Å². The third kappa shape index (κ3) is 12.9. The summed E-state index contributed by atoms with van der Waals surface area (Å²) in [5.74, 6) is 0. The highest BCUT2D eigenvalue weighted by molar-refractivity contribution is 7.87. The summed E-state index contributed by atoms with van der Waals surface area (Å²) in [5, 5.41) is 3.10. The van der Waals surface area contributed by atoms with Crippen molar-refractivity contribution < 1.29 is 26.4 Å². The van der Waals surface area contributed by atoms with Crippen molar-refractivity contribution in [3.8, 4) is 0 Å². The van der Waals surface area contributed by atoms with Crippen molar-refractivity contribution in [1.82, 2.24) is 33.2 Å². The fourth-order valence-electron chi connectivity index (χ4n) is 9.26. The van der Waals surface area contributed by atoms with Gasteiger partial charge >= 0.3 is 6.03 Å². The second-order valence-electron chi connectivity index (χ2n) is 17.4. The molecule has 6 aliphatic heterocycles. The Kier molecular flexibility index (Phi) is 17.2. The molecule has 352 valence electrons. The van der Waals surface area contributed by atoms with Crippen LogP contribution >= 0.6 is 0 Å². The zero-order valence-corrected chi connectivity index (χ0v) is 39.5. The molecule has 3 aromatic carbocycles. The van der Waals surface area contributed by atoms with Gasteiger partial charge in [0, 0.05) is 128 Å². The minimum absolute atomic E-state index is 0.0763. The number of nitrogens with zero attached hydrogens (tertiary/aromatic N) is 7. The molecule has 2 amide bonds. The van der Waals surface area contributed by atoms with Crippen molar-refractivity contribution in [3.05, 3.63) is 89.5 Å². The number of rotatable bonds is 13. The minimum Gasteiger partial charge on any atom is -0.379 e. The molecule has 3 fully saturated rings. The molecule has 64 heavy (non-hydrogen) atoms. The number of urea groups is 1.